The molecule has 0 aliphatic carbocycles. The first-order valence-electron chi connectivity index (χ1n) is 8.62. The molecule has 6 heteroatoms. The Morgan fingerprint density at radius 1 is 1.30 bits per heavy atom. The van der Waals surface area contributed by atoms with Gasteiger partial charge < -0.3 is 15.1 Å². The molecule has 144 valence electrons. The molecule has 2 N–H and O–H groups in total. The summed E-state index contributed by atoms with van der Waals surface area (Å²) in [6, 6.07) is 13.0. The minimum Gasteiger partial charge on any atom is -0.465 e. The second-order valence-electron chi connectivity index (χ2n) is 6.46. The highest BCUT2D eigenvalue weighted by Crippen LogP contribution is 2.33. The van der Waals surface area contributed by atoms with E-state index in [-0.39, 0.29) is 24.9 Å². The molecule has 0 saturated heterocycles. The number of carbonyl (C=O) groups is 1. The molecule has 0 aliphatic rings. The smallest absolute Gasteiger partial charge is 0.407 e. The van der Waals surface area contributed by atoms with Crippen LogP contribution in [0.15, 0.2) is 65.7 Å². The topological polar surface area (TPSA) is 60.8 Å². The van der Waals surface area contributed by atoms with Gasteiger partial charge in [-0.2, -0.15) is 0 Å². The zero-order valence-electron chi connectivity index (χ0n) is 15.1. The van der Waals surface area contributed by atoms with Crippen molar-refractivity contribution in [1.82, 2.24) is 4.90 Å². The molecule has 0 saturated carbocycles. The maximum absolute atomic E-state index is 14.2. The third kappa shape index (κ3) is 5.17. The Kier molecular flexibility index (Phi) is 7.16. The third-order valence-corrected chi connectivity index (χ3v) is 5.22. The summed E-state index contributed by atoms with van der Waals surface area (Å²) in [5.41, 5.74) is -0.550. The standard InChI is InChI=1S/C21H23BrFNO3/c1-3-12-21(27,18-6-4-5-7-19(18)23)13-14-24(20(25)26)15(2)16-8-10-17(22)11-9-16/h3-11,15,27H,1,12-14H2,2H3,(H,25,26)/t15?,21-/m0/s1. The second-order valence-corrected chi connectivity index (χ2v) is 7.37. The summed E-state index contributed by atoms with van der Waals surface area (Å²) in [7, 11) is 0. The Bertz CT molecular complexity index is 796. The molecule has 2 rings (SSSR count). The Balaban J connectivity index is 2.24. The largest absolute Gasteiger partial charge is 0.465 e. The molecule has 4 nitrogen and oxygen atoms in total. The van der Waals surface area contributed by atoms with Gasteiger partial charge in [0.15, 0.2) is 0 Å². The summed E-state index contributed by atoms with van der Waals surface area (Å²) in [6.07, 6.45) is 0.580. The van der Waals surface area contributed by atoms with Gasteiger partial charge in [0.2, 0.25) is 0 Å². The molecule has 2 aromatic carbocycles. The predicted molar refractivity (Wildman–Crippen MR) is 107 cm³/mol. The van der Waals surface area contributed by atoms with E-state index in [4.69, 9.17) is 0 Å². The summed E-state index contributed by atoms with van der Waals surface area (Å²) in [6.45, 7) is 5.47. The van der Waals surface area contributed by atoms with E-state index in [2.05, 4.69) is 22.5 Å². The Hall–Kier alpha value is -2.18. The fraction of sp³-hybridized carbons (Fsp3) is 0.286. The second kappa shape index (κ2) is 9.15. The molecule has 1 amide bonds. The van der Waals surface area contributed by atoms with Crippen LogP contribution < -0.4 is 0 Å². The molecular weight excluding hydrogens is 413 g/mol. The van der Waals surface area contributed by atoms with E-state index in [9.17, 15) is 19.4 Å². The van der Waals surface area contributed by atoms with Crippen molar-refractivity contribution in [2.24, 2.45) is 0 Å². The van der Waals surface area contributed by atoms with Crippen LogP contribution in [0.5, 0.6) is 0 Å². The molecule has 2 aromatic rings. The molecule has 0 bridgehead atoms. The average molecular weight is 436 g/mol. The number of aliphatic hydroxyl groups is 1. The zero-order chi connectivity index (χ0) is 20.0. The molecule has 0 heterocycles. The van der Waals surface area contributed by atoms with Gasteiger partial charge >= 0.3 is 6.09 Å². The lowest BCUT2D eigenvalue weighted by atomic mass is 9.86. The normalized spacial score (nSPS) is 14.2. The molecule has 1 unspecified atom stereocenters. The van der Waals surface area contributed by atoms with Crippen molar-refractivity contribution in [3.8, 4) is 0 Å². The number of benzene rings is 2. The quantitative estimate of drug-likeness (QED) is 0.539. The average Bonchev–Trinajstić information content (AvgIpc) is 2.62. The maximum atomic E-state index is 14.2. The molecule has 0 fully saturated rings. The van der Waals surface area contributed by atoms with Crippen molar-refractivity contribution in [2.45, 2.75) is 31.4 Å². The SMILES string of the molecule is C=CC[C@](O)(CCN(C(=O)O)C(C)c1ccc(Br)cc1)c1ccccc1F. The van der Waals surface area contributed by atoms with Crippen molar-refractivity contribution >= 4 is 22.0 Å². The van der Waals surface area contributed by atoms with Gasteiger partial charge in [0.25, 0.3) is 0 Å². The minimum absolute atomic E-state index is 0.0469. The van der Waals surface area contributed by atoms with Crippen LogP contribution in [0.2, 0.25) is 0 Å². The van der Waals surface area contributed by atoms with Gasteiger partial charge in [0.1, 0.15) is 5.82 Å². The Morgan fingerprint density at radius 2 is 1.93 bits per heavy atom. The van der Waals surface area contributed by atoms with Gasteiger partial charge in [-0.15, -0.1) is 6.58 Å². The lowest BCUT2D eigenvalue weighted by Crippen LogP contribution is -2.38. The van der Waals surface area contributed by atoms with Crippen molar-refractivity contribution < 1.29 is 19.4 Å². The number of amides is 1. The van der Waals surface area contributed by atoms with Crippen molar-refractivity contribution in [2.75, 3.05) is 6.54 Å². The molecule has 27 heavy (non-hydrogen) atoms. The maximum Gasteiger partial charge on any atom is 0.407 e. The third-order valence-electron chi connectivity index (χ3n) is 4.69. The lowest BCUT2D eigenvalue weighted by Gasteiger charge is -2.33. The first-order valence-corrected chi connectivity index (χ1v) is 9.41. The highest BCUT2D eigenvalue weighted by Gasteiger charge is 2.33. The summed E-state index contributed by atoms with van der Waals surface area (Å²) in [5.74, 6) is -0.523. The molecule has 0 aromatic heterocycles. The number of halogens is 2. The summed E-state index contributed by atoms with van der Waals surface area (Å²) in [5, 5.41) is 20.7. The fourth-order valence-corrected chi connectivity index (χ4v) is 3.37. The van der Waals surface area contributed by atoms with E-state index < -0.39 is 23.6 Å². The Morgan fingerprint density at radius 3 is 2.48 bits per heavy atom. The number of rotatable bonds is 8. The monoisotopic (exact) mass is 435 g/mol. The van der Waals surface area contributed by atoms with Crippen LogP contribution in [0.3, 0.4) is 0 Å². The van der Waals surface area contributed by atoms with Gasteiger partial charge in [-0.25, -0.2) is 9.18 Å². The number of hydrogen-bond acceptors (Lipinski definition) is 2. The van der Waals surface area contributed by atoms with Crippen molar-refractivity contribution in [3.63, 3.8) is 0 Å². The van der Waals surface area contributed by atoms with Gasteiger partial charge in [-0.3, -0.25) is 0 Å². The summed E-state index contributed by atoms with van der Waals surface area (Å²) >= 11 is 3.36. The van der Waals surface area contributed by atoms with E-state index in [0.29, 0.717) is 0 Å². The van der Waals surface area contributed by atoms with Gasteiger partial charge in [0, 0.05) is 16.6 Å². The first-order chi connectivity index (χ1) is 12.8. The predicted octanol–water partition coefficient (Wildman–Crippen LogP) is 5.48. The molecular formula is C21H23BrFNO3. The molecule has 0 radical (unpaired) electrons. The molecule has 0 spiro atoms. The van der Waals surface area contributed by atoms with Crippen LogP contribution in [0.1, 0.15) is 36.9 Å². The van der Waals surface area contributed by atoms with E-state index in [1.54, 1.807) is 19.1 Å². The minimum atomic E-state index is -1.53. The van der Waals surface area contributed by atoms with E-state index in [0.717, 1.165) is 10.0 Å². The van der Waals surface area contributed by atoms with Gasteiger partial charge in [-0.05, 0) is 43.5 Å². The van der Waals surface area contributed by atoms with E-state index in [1.807, 2.05) is 24.3 Å². The number of nitrogens with zero attached hydrogens (tertiary/aromatic N) is 1. The van der Waals surface area contributed by atoms with Crippen molar-refractivity contribution in [3.05, 3.63) is 82.6 Å². The van der Waals surface area contributed by atoms with E-state index in [1.165, 1.54) is 23.1 Å². The Labute approximate surface area is 167 Å². The van der Waals surface area contributed by atoms with Gasteiger partial charge in [0.05, 0.1) is 11.6 Å². The van der Waals surface area contributed by atoms with Crippen LogP contribution in [0, 0.1) is 5.82 Å². The van der Waals surface area contributed by atoms with Gasteiger partial charge in [-0.1, -0.05) is 52.3 Å². The number of carboxylic acid groups (broad SMARTS) is 1. The number of hydrogen-bond donors (Lipinski definition) is 2. The van der Waals surface area contributed by atoms with Crippen LogP contribution in [-0.4, -0.2) is 27.8 Å². The first kappa shape index (κ1) is 21.1. The summed E-state index contributed by atoms with van der Waals surface area (Å²) in [4.78, 5) is 13.0. The van der Waals surface area contributed by atoms with Crippen molar-refractivity contribution in [1.29, 1.82) is 0 Å². The lowest BCUT2D eigenvalue weighted by molar-refractivity contribution is 0.0144. The fourth-order valence-electron chi connectivity index (χ4n) is 3.11. The summed E-state index contributed by atoms with van der Waals surface area (Å²) < 4.78 is 15.1. The van der Waals surface area contributed by atoms with E-state index >= 15 is 0 Å². The highest BCUT2D eigenvalue weighted by atomic mass is 79.9. The molecule has 0 aliphatic heterocycles. The molecule has 2 atom stereocenters. The van der Waals surface area contributed by atoms with Crippen LogP contribution in [-0.2, 0) is 5.60 Å². The van der Waals surface area contributed by atoms with Crippen LogP contribution in [0.25, 0.3) is 0 Å². The van der Waals surface area contributed by atoms with Crippen LogP contribution >= 0.6 is 15.9 Å². The van der Waals surface area contributed by atoms with Crippen LogP contribution in [0.4, 0.5) is 9.18 Å². The highest BCUT2D eigenvalue weighted by molar-refractivity contribution is 9.10. The zero-order valence-corrected chi connectivity index (χ0v) is 16.7.